The van der Waals surface area contributed by atoms with Crippen molar-refractivity contribution in [1.29, 1.82) is 0 Å². The molecule has 134 valence electrons. The maximum absolute atomic E-state index is 12.8. The number of carbonyl (C=O) groups excluding carboxylic acids is 1. The van der Waals surface area contributed by atoms with Crippen molar-refractivity contribution in [2.75, 3.05) is 0 Å². The molecule has 4 saturated carbocycles. The molecular formula is C20H30O4. The molecule has 0 aromatic rings. The Labute approximate surface area is 144 Å². The molecule has 0 aromatic carbocycles. The van der Waals surface area contributed by atoms with Crippen LogP contribution in [-0.4, -0.2) is 22.6 Å². The summed E-state index contributed by atoms with van der Waals surface area (Å²) < 4.78 is 5.63. The molecule has 0 aliphatic heterocycles. The normalized spacial score (nSPS) is 51.7. The fraction of sp³-hybridized carbons (Fsp3) is 0.900. The number of hydrogen-bond acceptors (Lipinski definition) is 3. The number of hydrogen-bond donors (Lipinski definition) is 1. The molecule has 4 aliphatic carbocycles. The molecule has 0 amide bonds. The Kier molecular flexibility index (Phi) is 3.41. The predicted octanol–water partition coefficient (Wildman–Crippen LogP) is 3.45. The van der Waals surface area contributed by atoms with E-state index in [1.807, 2.05) is 20.8 Å². The van der Waals surface area contributed by atoms with Gasteiger partial charge in [-0.05, 0) is 81.0 Å². The zero-order valence-corrected chi connectivity index (χ0v) is 15.4. The first-order valence-corrected chi connectivity index (χ1v) is 9.57. The molecule has 4 rings (SSSR count). The van der Waals surface area contributed by atoms with Gasteiger partial charge in [-0.3, -0.25) is 9.59 Å². The number of carboxylic acids is 1. The summed E-state index contributed by atoms with van der Waals surface area (Å²) in [6.07, 6.45) is 2.17. The second-order valence-corrected chi connectivity index (χ2v) is 9.92. The number of ether oxygens (including phenoxy) is 1. The molecule has 4 nitrogen and oxygen atoms in total. The molecule has 24 heavy (non-hydrogen) atoms. The average molecular weight is 334 g/mol. The van der Waals surface area contributed by atoms with E-state index in [1.54, 1.807) is 0 Å². The van der Waals surface area contributed by atoms with E-state index in [0.717, 1.165) is 6.42 Å². The minimum absolute atomic E-state index is 0.181. The predicted molar refractivity (Wildman–Crippen MR) is 89.0 cm³/mol. The summed E-state index contributed by atoms with van der Waals surface area (Å²) in [5.74, 6) is 2.22. The smallest absolute Gasteiger partial charge is 0.310 e. The number of carbonyl (C=O) groups is 2. The Morgan fingerprint density at radius 3 is 1.79 bits per heavy atom. The van der Waals surface area contributed by atoms with Gasteiger partial charge in [-0.1, -0.05) is 13.8 Å². The van der Waals surface area contributed by atoms with Gasteiger partial charge in [-0.2, -0.15) is 0 Å². The monoisotopic (exact) mass is 334 g/mol. The zero-order valence-electron chi connectivity index (χ0n) is 15.4. The number of carboxylic acid groups (broad SMARTS) is 1. The summed E-state index contributed by atoms with van der Waals surface area (Å²) in [5, 5.41) is 9.85. The van der Waals surface area contributed by atoms with E-state index in [1.165, 1.54) is 6.42 Å². The van der Waals surface area contributed by atoms with Gasteiger partial charge in [0.25, 0.3) is 0 Å². The van der Waals surface area contributed by atoms with Gasteiger partial charge in [0, 0.05) is 0 Å². The summed E-state index contributed by atoms with van der Waals surface area (Å²) in [6.45, 7) is 10.3. The molecule has 0 radical (unpaired) electrons. The van der Waals surface area contributed by atoms with Crippen LogP contribution in [0.3, 0.4) is 0 Å². The second-order valence-electron chi connectivity index (χ2n) is 9.92. The van der Waals surface area contributed by atoms with Crippen LogP contribution in [0.1, 0.15) is 47.5 Å². The fourth-order valence-corrected chi connectivity index (χ4v) is 7.28. The molecule has 0 spiro atoms. The van der Waals surface area contributed by atoms with Crippen molar-refractivity contribution in [3.63, 3.8) is 0 Å². The van der Waals surface area contributed by atoms with Crippen LogP contribution >= 0.6 is 0 Å². The lowest BCUT2D eigenvalue weighted by atomic mass is 9.59. The second kappa shape index (κ2) is 4.98. The molecule has 4 fully saturated rings. The number of rotatable bonds is 2. The fourth-order valence-electron chi connectivity index (χ4n) is 7.28. The van der Waals surface area contributed by atoms with Crippen molar-refractivity contribution >= 4 is 11.9 Å². The SMILES string of the molecule is CC1C(C)C2CC1C1C3CC(C(C(=O)OC(C)(C)C)C3C(=O)O)C21. The first kappa shape index (κ1) is 16.4. The summed E-state index contributed by atoms with van der Waals surface area (Å²) in [7, 11) is 0. The highest BCUT2D eigenvalue weighted by molar-refractivity contribution is 5.83. The van der Waals surface area contributed by atoms with Crippen LogP contribution in [0.4, 0.5) is 0 Å². The van der Waals surface area contributed by atoms with Crippen molar-refractivity contribution in [3.05, 3.63) is 0 Å². The Hall–Kier alpha value is -1.06. The molecule has 0 aromatic heterocycles. The number of esters is 1. The molecule has 1 N–H and O–H groups in total. The first-order chi connectivity index (χ1) is 11.1. The van der Waals surface area contributed by atoms with E-state index < -0.39 is 23.4 Å². The summed E-state index contributed by atoms with van der Waals surface area (Å²) in [6, 6.07) is 0. The molecule has 4 aliphatic rings. The van der Waals surface area contributed by atoms with Crippen LogP contribution in [0.15, 0.2) is 0 Å². The number of aliphatic carboxylic acids is 1. The van der Waals surface area contributed by atoms with Crippen LogP contribution in [0.5, 0.6) is 0 Å². The van der Waals surface area contributed by atoms with Crippen molar-refractivity contribution in [2.45, 2.75) is 53.1 Å². The molecule has 4 heteroatoms. The van der Waals surface area contributed by atoms with Gasteiger partial charge in [-0.15, -0.1) is 0 Å². The maximum Gasteiger partial charge on any atom is 0.310 e. The van der Waals surface area contributed by atoms with Gasteiger partial charge in [0.1, 0.15) is 5.60 Å². The minimum Gasteiger partial charge on any atom is -0.481 e. The zero-order chi connectivity index (χ0) is 17.5. The van der Waals surface area contributed by atoms with E-state index >= 15 is 0 Å². The lowest BCUT2D eigenvalue weighted by Crippen LogP contribution is -2.48. The van der Waals surface area contributed by atoms with Crippen LogP contribution < -0.4 is 0 Å². The summed E-state index contributed by atoms with van der Waals surface area (Å²) in [5.41, 5.74) is -0.558. The highest BCUT2D eigenvalue weighted by Gasteiger charge is 2.71. The van der Waals surface area contributed by atoms with Gasteiger partial charge in [0.2, 0.25) is 0 Å². The lowest BCUT2D eigenvalue weighted by Gasteiger charge is -2.45. The molecular weight excluding hydrogens is 304 g/mol. The summed E-state index contributed by atoms with van der Waals surface area (Å²) in [4.78, 5) is 24.8. The highest BCUT2D eigenvalue weighted by Crippen LogP contribution is 2.72. The summed E-state index contributed by atoms with van der Waals surface area (Å²) >= 11 is 0. The van der Waals surface area contributed by atoms with Crippen LogP contribution in [0.2, 0.25) is 0 Å². The third-order valence-corrected chi connectivity index (χ3v) is 7.96. The van der Waals surface area contributed by atoms with Crippen molar-refractivity contribution in [1.82, 2.24) is 0 Å². The van der Waals surface area contributed by atoms with E-state index in [0.29, 0.717) is 35.5 Å². The van der Waals surface area contributed by atoms with Gasteiger partial charge in [0.05, 0.1) is 11.8 Å². The van der Waals surface area contributed by atoms with Crippen molar-refractivity contribution in [3.8, 4) is 0 Å². The Morgan fingerprint density at radius 1 is 0.875 bits per heavy atom. The van der Waals surface area contributed by atoms with Gasteiger partial charge in [-0.25, -0.2) is 0 Å². The molecule has 4 bridgehead atoms. The van der Waals surface area contributed by atoms with E-state index in [4.69, 9.17) is 4.74 Å². The maximum atomic E-state index is 12.8. The quantitative estimate of drug-likeness (QED) is 0.620. The van der Waals surface area contributed by atoms with Gasteiger partial charge in [0.15, 0.2) is 0 Å². The standard InChI is InChI=1S/C20H30O4/c1-8-9(2)11-6-10(8)14-12-7-13(15(11)14)17(16(12)18(21)22)19(23)24-20(3,4)5/h8-17H,6-7H2,1-5H3,(H,21,22). The van der Waals surface area contributed by atoms with E-state index in [-0.39, 0.29) is 17.8 Å². The van der Waals surface area contributed by atoms with Gasteiger partial charge >= 0.3 is 11.9 Å². The topological polar surface area (TPSA) is 63.6 Å². The van der Waals surface area contributed by atoms with Crippen molar-refractivity contribution in [2.24, 2.45) is 59.2 Å². The van der Waals surface area contributed by atoms with Crippen LogP contribution in [0, 0.1) is 59.2 Å². The molecule has 0 saturated heterocycles. The van der Waals surface area contributed by atoms with Crippen molar-refractivity contribution < 1.29 is 19.4 Å². The Balaban J connectivity index is 1.66. The average Bonchev–Trinajstić information content (AvgIpc) is 3.15. The van der Waals surface area contributed by atoms with Gasteiger partial charge < -0.3 is 9.84 Å². The van der Waals surface area contributed by atoms with Crippen LogP contribution in [-0.2, 0) is 14.3 Å². The van der Waals surface area contributed by atoms with E-state index in [2.05, 4.69) is 13.8 Å². The molecule has 10 atom stereocenters. The van der Waals surface area contributed by atoms with E-state index in [9.17, 15) is 14.7 Å². The third-order valence-electron chi connectivity index (χ3n) is 7.96. The number of fused-ring (bicyclic) bond motifs is 9. The molecule has 10 unspecified atom stereocenters. The lowest BCUT2D eigenvalue weighted by molar-refractivity contribution is -0.173. The third kappa shape index (κ3) is 2.04. The molecule has 0 heterocycles. The minimum atomic E-state index is -0.791. The Bertz CT molecular complexity index is 577. The van der Waals surface area contributed by atoms with Crippen LogP contribution in [0.25, 0.3) is 0 Å². The largest absolute Gasteiger partial charge is 0.481 e. The first-order valence-electron chi connectivity index (χ1n) is 9.57. The highest BCUT2D eigenvalue weighted by atomic mass is 16.6. The Morgan fingerprint density at radius 2 is 1.33 bits per heavy atom.